The van der Waals surface area contributed by atoms with Crippen LogP contribution < -0.4 is 10.2 Å². The molecule has 2 aliphatic rings. The molecule has 1 fully saturated rings. The van der Waals surface area contributed by atoms with Gasteiger partial charge in [0.2, 0.25) is 21.8 Å². The van der Waals surface area contributed by atoms with E-state index >= 15 is 0 Å². The predicted molar refractivity (Wildman–Crippen MR) is 125 cm³/mol. The molecular weight excluding hydrogens is 452 g/mol. The molecule has 9 nitrogen and oxygen atoms in total. The van der Waals surface area contributed by atoms with Crippen LogP contribution in [0.3, 0.4) is 0 Å². The molecule has 0 saturated carbocycles. The average molecular weight is 485 g/mol. The molecule has 2 aliphatic heterocycles. The van der Waals surface area contributed by atoms with Crippen molar-refractivity contribution in [3.8, 4) is 0 Å². The summed E-state index contributed by atoms with van der Waals surface area (Å²) in [4.78, 5) is 29.7. The number of hydrogen-bond acceptors (Lipinski definition) is 7. The Bertz CT molecular complexity index is 915. The molecule has 1 saturated heterocycles. The standard InChI is InChI=1S/C21H32N4O5S2/c1-3-24(4-2)32(28,29)17-6-7-19-18(14-17)25(21(27)16-31-19)15-20(26)22-8-5-9-23-10-12-30-13-11-23/h6-7,14H,3-5,8-13,15-16H2,1-2H3,(H,22,26). The first-order chi connectivity index (χ1) is 15.4. The van der Waals surface area contributed by atoms with E-state index in [1.165, 1.54) is 27.0 Å². The fourth-order valence-electron chi connectivity index (χ4n) is 3.78. The highest BCUT2D eigenvalue weighted by Gasteiger charge is 2.30. The van der Waals surface area contributed by atoms with Crippen LogP contribution in [0.25, 0.3) is 0 Å². The van der Waals surface area contributed by atoms with Crippen LogP contribution in [0.2, 0.25) is 0 Å². The number of carbonyl (C=O) groups is 2. The maximum absolute atomic E-state index is 12.9. The van der Waals surface area contributed by atoms with Crippen molar-refractivity contribution in [3.05, 3.63) is 18.2 Å². The Hall–Kier alpha value is -1.66. The lowest BCUT2D eigenvalue weighted by atomic mass is 10.2. The van der Waals surface area contributed by atoms with Gasteiger partial charge in [0.1, 0.15) is 6.54 Å². The van der Waals surface area contributed by atoms with Crippen LogP contribution in [0, 0.1) is 0 Å². The van der Waals surface area contributed by atoms with Crippen molar-refractivity contribution in [2.75, 3.05) is 69.7 Å². The van der Waals surface area contributed by atoms with E-state index in [0.29, 0.717) is 25.3 Å². The quantitative estimate of drug-likeness (QED) is 0.495. The third-order valence-corrected chi connectivity index (χ3v) is 8.69. The van der Waals surface area contributed by atoms with Gasteiger partial charge >= 0.3 is 0 Å². The molecule has 0 bridgehead atoms. The van der Waals surface area contributed by atoms with Crippen LogP contribution in [0.5, 0.6) is 0 Å². The molecule has 1 aromatic rings. The highest BCUT2D eigenvalue weighted by Crippen LogP contribution is 2.37. The minimum absolute atomic E-state index is 0.126. The largest absolute Gasteiger partial charge is 0.379 e. The van der Waals surface area contributed by atoms with E-state index in [4.69, 9.17) is 4.74 Å². The topological polar surface area (TPSA) is 99.3 Å². The molecule has 3 rings (SSSR count). The zero-order valence-corrected chi connectivity index (χ0v) is 20.3. The van der Waals surface area contributed by atoms with Crippen molar-refractivity contribution in [1.82, 2.24) is 14.5 Å². The normalized spacial score (nSPS) is 17.5. The Balaban J connectivity index is 1.65. The number of carbonyl (C=O) groups excluding carboxylic acids is 2. The molecule has 0 radical (unpaired) electrons. The summed E-state index contributed by atoms with van der Waals surface area (Å²) < 4.78 is 32.5. The van der Waals surface area contributed by atoms with Crippen molar-refractivity contribution in [1.29, 1.82) is 0 Å². The summed E-state index contributed by atoms with van der Waals surface area (Å²) in [5, 5.41) is 2.88. The van der Waals surface area contributed by atoms with Gasteiger partial charge < -0.3 is 15.0 Å². The van der Waals surface area contributed by atoms with E-state index in [1.807, 2.05) is 0 Å². The fraction of sp³-hybridized carbons (Fsp3) is 0.619. The molecule has 32 heavy (non-hydrogen) atoms. The number of nitrogens with zero attached hydrogens (tertiary/aromatic N) is 3. The smallest absolute Gasteiger partial charge is 0.243 e. The van der Waals surface area contributed by atoms with Crippen LogP contribution in [0.1, 0.15) is 20.3 Å². The summed E-state index contributed by atoms with van der Waals surface area (Å²) in [5.74, 6) is -0.238. The lowest BCUT2D eigenvalue weighted by Crippen LogP contribution is -2.44. The molecular formula is C21H32N4O5S2. The molecule has 0 unspecified atom stereocenters. The molecule has 0 aromatic heterocycles. The van der Waals surface area contributed by atoms with Crippen LogP contribution in [0.15, 0.2) is 28.0 Å². The van der Waals surface area contributed by atoms with Gasteiger partial charge in [0.25, 0.3) is 0 Å². The highest BCUT2D eigenvalue weighted by molar-refractivity contribution is 8.00. The predicted octanol–water partition coefficient (Wildman–Crippen LogP) is 0.994. The molecule has 178 valence electrons. The lowest BCUT2D eigenvalue weighted by Gasteiger charge is -2.29. The molecule has 0 spiro atoms. The van der Waals surface area contributed by atoms with E-state index in [2.05, 4.69) is 10.2 Å². The number of benzene rings is 1. The van der Waals surface area contributed by atoms with Crippen LogP contribution in [-0.2, 0) is 24.3 Å². The second-order valence-electron chi connectivity index (χ2n) is 7.64. The summed E-state index contributed by atoms with van der Waals surface area (Å²) in [6, 6.07) is 4.80. The van der Waals surface area contributed by atoms with Gasteiger partial charge in [0.15, 0.2) is 0 Å². The number of morpholine rings is 1. The van der Waals surface area contributed by atoms with Crippen molar-refractivity contribution < 1.29 is 22.7 Å². The summed E-state index contributed by atoms with van der Waals surface area (Å²) >= 11 is 1.36. The van der Waals surface area contributed by atoms with Gasteiger partial charge in [-0.1, -0.05) is 13.8 Å². The summed E-state index contributed by atoms with van der Waals surface area (Å²) in [7, 11) is -3.66. The van der Waals surface area contributed by atoms with Crippen molar-refractivity contribution in [2.45, 2.75) is 30.1 Å². The summed E-state index contributed by atoms with van der Waals surface area (Å²) in [5.41, 5.74) is 0.475. The zero-order valence-electron chi connectivity index (χ0n) is 18.7. The second kappa shape index (κ2) is 11.5. The number of thioether (sulfide) groups is 1. The number of ether oxygens (including phenoxy) is 1. The van der Waals surface area contributed by atoms with E-state index in [0.717, 1.165) is 44.2 Å². The van der Waals surface area contributed by atoms with E-state index in [-0.39, 0.29) is 29.0 Å². The van der Waals surface area contributed by atoms with E-state index in [1.54, 1.807) is 26.0 Å². The minimum Gasteiger partial charge on any atom is -0.379 e. The Kier molecular flexibility index (Phi) is 8.95. The monoisotopic (exact) mass is 484 g/mol. The molecule has 0 aliphatic carbocycles. The SMILES string of the molecule is CCN(CC)S(=O)(=O)c1ccc2c(c1)N(CC(=O)NCCCN1CCOCC1)C(=O)CS2. The Morgan fingerprint density at radius 3 is 2.62 bits per heavy atom. The highest BCUT2D eigenvalue weighted by atomic mass is 32.2. The third kappa shape index (κ3) is 6.02. The fourth-order valence-corrected chi connectivity index (χ4v) is 6.18. The first-order valence-electron chi connectivity index (χ1n) is 11.0. The Labute approximate surface area is 194 Å². The first kappa shape index (κ1) is 25.0. The van der Waals surface area contributed by atoms with Gasteiger partial charge in [-0.15, -0.1) is 11.8 Å². The summed E-state index contributed by atoms with van der Waals surface area (Å²) in [6.45, 7) is 8.88. The molecule has 2 amide bonds. The molecule has 1 aromatic carbocycles. The lowest BCUT2D eigenvalue weighted by molar-refractivity contribution is -0.123. The van der Waals surface area contributed by atoms with Gasteiger partial charge in [-0.2, -0.15) is 4.31 Å². The van der Waals surface area contributed by atoms with Crippen LogP contribution in [0.4, 0.5) is 5.69 Å². The van der Waals surface area contributed by atoms with Crippen molar-refractivity contribution in [3.63, 3.8) is 0 Å². The molecule has 11 heteroatoms. The number of rotatable bonds is 10. The zero-order chi connectivity index (χ0) is 23.1. The third-order valence-electron chi connectivity index (χ3n) is 5.60. The maximum atomic E-state index is 12.9. The first-order valence-corrected chi connectivity index (χ1v) is 13.4. The van der Waals surface area contributed by atoms with Gasteiger partial charge in [0, 0.05) is 37.6 Å². The number of amides is 2. The Morgan fingerprint density at radius 2 is 1.94 bits per heavy atom. The van der Waals surface area contributed by atoms with E-state index < -0.39 is 10.0 Å². The Morgan fingerprint density at radius 1 is 1.22 bits per heavy atom. The van der Waals surface area contributed by atoms with Crippen LogP contribution in [-0.4, -0.2) is 94.2 Å². The molecule has 0 atom stereocenters. The maximum Gasteiger partial charge on any atom is 0.243 e. The van der Waals surface area contributed by atoms with Gasteiger partial charge in [-0.25, -0.2) is 8.42 Å². The molecule has 2 heterocycles. The van der Waals surface area contributed by atoms with Crippen molar-refractivity contribution in [2.24, 2.45) is 0 Å². The van der Waals surface area contributed by atoms with Crippen LogP contribution >= 0.6 is 11.8 Å². The number of anilines is 1. The number of hydrogen-bond donors (Lipinski definition) is 1. The molecule has 1 N–H and O–H groups in total. The van der Waals surface area contributed by atoms with Gasteiger partial charge in [0.05, 0.1) is 29.5 Å². The van der Waals surface area contributed by atoms with E-state index in [9.17, 15) is 18.0 Å². The van der Waals surface area contributed by atoms with Gasteiger partial charge in [-0.3, -0.25) is 14.5 Å². The number of fused-ring (bicyclic) bond motifs is 1. The number of sulfonamides is 1. The average Bonchev–Trinajstić information content (AvgIpc) is 2.79. The van der Waals surface area contributed by atoms with Gasteiger partial charge in [-0.05, 0) is 31.2 Å². The number of nitrogens with one attached hydrogen (secondary N) is 1. The second-order valence-corrected chi connectivity index (χ2v) is 10.6. The summed E-state index contributed by atoms with van der Waals surface area (Å²) in [6.07, 6.45) is 0.818. The minimum atomic E-state index is -3.66. The van der Waals surface area contributed by atoms with Crippen molar-refractivity contribution >= 4 is 39.3 Å².